The van der Waals surface area contributed by atoms with Crippen molar-refractivity contribution in [3.8, 4) is 0 Å². The zero-order chi connectivity index (χ0) is 14.4. The first-order valence-corrected chi connectivity index (χ1v) is 6.34. The number of halogens is 1. The van der Waals surface area contributed by atoms with Crippen LogP contribution in [0.25, 0.3) is 0 Å². The highest BCUT2D eigenvalue weighted by Gasteiger charge is 2.17. The Morgan fingerprint density at radius 1 is 1.26 bits per heavy atom. The third-order valence-corrected chi connectivity index (χ3v) is 2.47. The van der Waals surface area contributed by atoms with Crippen molar-refractivity contribution in [2.75, 3.05) is 6.54 Å². The first kappa shape index (κ1) is 15.4. The van der Waals surface area contributed by atoms with Gasteiger partial charge in [-0.05, 0) is 12.8 Å². The molecule has 0 bridgehead atoms. The average molecular weight is 285 g/mol. The lowest BCUT2D eigenvalue weighted by Crippen LogP contribution is -2.45. The largest absolute Gasteiger partial charge is 0.354 e. The van der Waals surface area contributed by atoms with Gasteiger partial charge in [0.25, 0.3) is 5.91 Å². The summed E-state index contributed by atoms with van der Waals surface area (Å²) in [6, 6.07) is -0.635. The summed E-state index contributed by atoms with van der Waals surface area (Å²) in [5.41, 5.74) is 0.118. The van der Waals surface area contributed by atoms with Crippen LogP contribution in [0.4, 0.5) is 0 Å². The number of nitrogens with one attached hydrogen (secondary N) is 2. The molecule has 0 saturated carbocycles. The van der Waals surface area contributed by atoms with Crippen LogP contribution in [0.2, 0.25) is 5.15 Å². The van der Waals surface area contributed by atoms with Crippen molar-refractivity contribution in [2.45, 2.75) is 26.8 Å². The molecule has 0 saturated heterocycles. The highest BCUT2D eigenvalue weighted by Crippen LogP contribution is 2.01. The fourth-order valence-electron chi connectivity index (χ4n) is 1.22. The minimum atomic E-state index is -0.635. The Morgan fingerprint density at radius 2 is 1.95 bits per heavy atom. The molecule has 104 valence electrons. The Bertz CT molecular complexity index is 448. The third-order valence-electron chi connectivity index (χ3n) is 2.28. The molecule has 6 nitrogen and oxygen atoms in total. The fourth-order valence-corrected chi connectivity index (χ4v) is 1.32. The highest BCUT2D eigenvalue weighted by molar-refractivity contribution is 6.29. The van der Waals surface area contributed by atoms with E-state index in [9.17, 15) is 9.59 Å². The number of nitrogens with zero attached hydrogens (tertiary/aromatic N) is 2. The minimum Gasteiger partial charge on any atom is -0.354 e. The molecule has 0 fully saturated rings. The first-order valence-electron chi connectivity index (χ1n) is 5.96. The van der Waals surface area contributed by atoms with Crippen LogP contribution in [0, 0.1) is 5.92 Å². The van der Waals surface area contributed by atoms with Gasteiger partial charge in [-0.15, -0.1) is 0 Å². The number of hydrogen-bond donors (Lipinski definition) is 2. The normalized spacial score (nSPS) is 12.1. The molecule has 0 spiro atoms. The average Bonchev–Trinajstić information content (AvgIpc) is 2.36. The van der Waals surface area contributed by atoms with Gasteiger partial charge in [-0.25, -0.2) is 9.97 Å². The molecular formula is C12H17ClN4O2. The van der Waals surface area contributed by atoms with Crippen LogP contribution < -0.4 is 10.6 Å². The summed E-state index contributed by atoms with van der Waals surface area (Å²) >= 11 is 5.57. The molecule has 0 radical (unpaired) electrons. The molecule has 0 aromatic carbocycles. The molecule has 0 aliphatic rings. The van der Waals surface area contributed by atoms with E-state index < -0.39 is 11.9 Å². The summed E-state index contributed by atoms with van der Waals surface area (Å²) in [4.78, 5) is 31.0. The number of carbonyl (C=O) groups excluding carboxylic acids is 2. The van der Waals surface area contributed by atoms with Crippen LogP contribution in [0.1, 0.15) is 31.3 Å². The molecule has 2 amide bonds. The van der Waals surface area contributed by atoms with E-state index in [-0.39, 0.29) is 16.8 Å². The van der Waals surface area contributed by atoms with Gasteiger partial charge in [0.05, 0.1) is 12.4 Å². The van der Waals surface area contributed by atoms with E-state index in [0.717, 1.165) is 0 Å². The van der Waals surface area contributed by atoms with Crippen LogP contribution in [-0.2, 0) is 4.79 Å². The van der Waals surface area contributed by atoms with Crippen LogP contribution in [0.3, 0.4) is 0 Å². The van der Waals surface area contributed by atoms with Crippen LogP contribution >= 0.6 is 11.6 Å². The molecule has 1 aromatic heterocycles. The van der Waals surface area contributed by atoms with Crippen LogP contribution in [-0.4, -0.2) is 34.4 Å². The topological polar surface area (TPSA) is 84.0 Å². The number of amides is 2. The molecule has 1 rings (SSSR count). The summed E-state index contributed by atoms with van der Waals surface area (Å²) in [7, 11) is 0. The Kier molecular flexibility index (Phi) is 5.69. The lowest BCUT2D eigenvalue weighted by Gasteiger charge is -2.14. The van der Waals surface area contributed by atoms with Crippen molar-refractivity contribution < 1.29 is 9.59 Å². The number of hydrogen-bond acceptors (Lipinski definition) is 4. The Labute approximate surface area is 117 Å². The van der Waals surface area contributed by atoms with Gasteiger partial charge in [0.1, 0.15) is 16.9 Å². The Balaban J connectivity index is 2.51. The van der Waals surface area contributed by atoms with Gasteiger partial charge >= 0.3 is 0 Å². The summed E-state index contributed by atoms with van der Waals surface area (Å²) < 4.78 is 0. The second-order valence-electron chi connectivity index (χ2n) is 4.56. The van der Waals surface area contributed by atoms with Crippen molar-refractivity contribution in [3.05, 3.63) is 23.2 Å². The fraction of sp³-hybridized carbons (Fsp3) is 0.500. The van der Waals surface area contributed by atoms with Gasteiger partial charge < -0.3 is 10.6 Å². The second-order valence-corrected chi connectivity index (χ2v) is 4.95. The van der Waals surface area contributed by atoms with Gasteiger partial charge in [-0.1, -0.05) is 25.4 Å². The van der Waals surface area contributed by atoms with Crippen LogP contribution in [0.5, 0.6) is 0 Å². The maximum atomic E-state index is 11.8. The molecule has 2 N–H and O–H groups in total. The molecule has 1 atom stereocenters. The lowest BCUT2D eigenvalue weighted by molar-refractivity contribution is -0.122. The van der Waals surface area contributed by atoms with Crippen molar-refractivity contribution in [1.82, 2.24) is 20.6 Å². The van der Waals surface area contributed by atoms with E-state index >= 15 is 0 Å². The number of carbonyl (C=O) groups is 2. The smallest absolute Gasteiger partial charge is 0.272 e. The van der Waals surface area contributed by atoms with E-state index in [0.29, 0.717) is 12.5 Å². The van der Waals surface area contributed by atoms with Gasteiger partial charge in [0.2, 0.25) is 5.91 Å². The molecule has 1 unspecified atom stereocenters. The molecule has 1 heterocycles. The maximum absolute atomic E-state index is 11.8. The van der Waals surface area contributed by atoms with E-state index in [2.05, 4.69) is 20.6 Å². The Morgan fingerprint density at radius 3 is 2.47 bits per heavy atom. The molecular weight excluding hydrogens is 268 g/mol. The molecule has 7 heteroatoms. The summed E-state index contributed by atoms with van der Waals surface area (Å²) in [6.45, 7) is 6.16. The molecule has 0 aliphatic carbocycles. The predicted octanol–water partition coefficient (Wildman–Crippen LogP) is 1.02. The first-order chi connectivity index (χ1) is 8.90. The van der Waals surface area contributed by atoms with Crippen molar-refractivity contribution in [3.63, 3.8) is 0 Å². The zero-order valence-electron chi connectivity index (χ0n) is 11.1. The number of rotatable bonds is 5. The van der Waals surface area contributed by atoms with Crippen molar-refractivity contribution >= 4 is 23.4 Å². The minimum absolute atomic E-state index is 0.118. The summed E-state index contributed by atoms with van der Waals surface area (Å²) in [5.74, 6) is -0.339. The van der Waals surface area contributed by atoms with E-state index in [1.54, 1.807) is 6.92 Å². The molecule has 1 aromatic rings. The second kappa shape index (κ2) is 7.04. The van der Waals surface area contributed by atoms with Crippen molar-refractivity contribution in [1.29, 1.82) is 0 Å². The maximum Gasteiger partial charge on any atom is 0.272 e. The monoisotopic (exact) mass is 284 g/mol. The van der Waals surface area contributed by atoms with E-state index in [1.807, 2.05) is 13.8 Å². The SMILES string of the molecule is CC(C)CNC(=O)C(C)NC(=O)c1cnc(Cl)cn1. The summed E-state index contributed by atoms with van der Waals surface area (Å²) in [6.07, 6.45) is 2.54. The highest BCUT2D eigenvalue weighted by atomic mass is 35.5. The van der Waals surface area contributed by atoms with Gasteiger partial charge in [0.15, 0.2) is 0 Å². The predicted molar refractivity (Wildman–Crippen MR) is 71.8 cm³/mol. The summed E-state index contributed by atoms with van der Waals surface area (Å²) in [5, 5.41) is 5.49. The number of aromatic nitrogens is 2. The van der Waals surface area contributed by atoms with Gasteiger partial charge in [-0.2, -0.15) is 0 Å². The van der Waals surface area contributed by atoms with Crippen molar-refractivity contribution in [2.24, 2.45) is 5.92 Å². The van der Waals surface area contributed by atoms with Crippen LogP contribution in [0.15, 0.2) is 12.4 Å². The van der Waals surface area contributed by atoms with E-state index in [4.69, 9.17) is 11.6 Å². The van der Waals surface area contributed by atoms with Gasteiger partial charge in [0, 0.05) is 6.54 Å². The van der Waals surface area contributed by atoms with E-state index in [1.165, 1.54) is 12.4 Å². The third kappa shape index (κ3) is 5.21. The lowest BCUT2D eigenvalue weighted by atomic mass is 10.2. The molecule has 0 aliphatic heterocycles. The zero-order valence-corrected chi connectivity index (χ0v) is 11.9. The molecule has 19 heavy (non-hydrogen) atoms. The standard InChI is InChI=1S/C12H17ClN4O2/c1-7(2)4-16-11(18)8(3)17-12(19)9-5-15-10(13)6-14-9/h5-8H,4H2,1-3H3,(H,16,18)(H,17,19). The Hall–Kier alpha value is -1.69. The quantitative estimate of drug-likeness (QED) is 0.845. The van der Waals surface area contributed by atoms with Gasteiger partial charge in [-0.3, -0.25) is 9.59 Å².